The van der Waals surface area contributed by atoms with Crippen molar-refractivity contribution >= 4 is 20.1 Å². The zero-order valence-electron chi connectivity index (χ0n) is 16.4. The van der Waals surface area contributed by atoms with Gasteiger partial charge in [0.25, 0.3) is 5.91 Å². The second-order valence-electron chi connectivity index (χ2n) is 8.06. The van der Waals surface area contributed by atoms with E-state index in [0.29, 0.717) is 13.0 Å². The van der Waals surface area contributed by atoms with Crippen LogP contribution in [0.25, 0.3) is 0 Å². The zero-order chi connectivity index (χ0) is 19.3. The Morgan fingerprint density at radius 3 is 2.36 bits per heavy atom. The Labute approximate surface area is 151 Å². The maximum Gasteiger partial charge on any atom is 0.287 e. The molecule has 2 N–H and O–H groups in total. The maximum atomic E-state index is 12.4. The van der Waals surface area contributed by atoms with E-state index in [0.717, 1.165) is 0 Å². The Hall–Kier alpha value is -1.60. The highest BCUT2D eigenvalue weighted by atomic mass is 28.4. The summed E-state index contributed by atoms with van der Waals surface area (Å²) in [7, 11) is -1.89. The summed E-state index contributed by atoms with van der Waals surface area (Å²) in [6.07, 6.45) is 1.84. The molecule has 0 aliphatic rings. The van der Waals surface area contributed by atoms with Gasteiger partial charge in [-0.3, -0.25) is 9.59 Å². The second kappa shape index (κ2) is 8.67. The van der Waals surface area contributed by atoms with E-state index in [1.54, 1.807) is 12.1 Å². The lowest BCUT2D eigenvalue weighted by Gasteiger charge is -2.36. The van der Waals surface area contributed by atoms with E-state index in [9.17, 15) is 9.59 Å². The molecule has 0 unspecified atom stereocenters. The number of rotatable bonds is 8. The highest BCUT2D eigenvalue weighted by Crippen LogP contribution is 2.36. The molecule has 0 radical (unpaired) electrons. The van der Waals surface area contributed by atoms with Gasteiger partial charge in [0.15, 0.2) is 14.1 Å². The van der Waals surface area contributed by atoms with Crippen LogP contribution in [0.2, 0.25) is 18.1 Å². The molecular formula is C18H32N2O4Si. The molecule has 0 aliphatic carbocycles. The van der Waals surface area contributed by atoms with E-state index in [1.807, 2.05) is 13.8 Å². The molecule has 1 rings (SSSR count). The first-order valence-electron chi connectivity index (χ1n) is 8.73. The molecule has 7 heteroatoms. The lowest BCUT2D eigenvalue weighted by atomic mass is 10.2. The number of nitrogens with one attached hydrogen (secondary N) is 2. The van der Waals surface area contributed by atoms with Crippen LogP contribution in [-0.4, -0.2) is 38.8 Å². The zero-order valence-corrected chi connectivity index (χ0v) is 17.4. The first-order valence-corrected chi connectivity index (χ1v) is 11.6. The Kier molecular flexibility index (Phi) is 7.43. The molecule has 142 valence electrons. The Morgan fingerprint density at radius 1 is 1.24 bits per heavy atom. The molecule has 0 aromatic carbocycles. The Balaban J connectivity index is 2.71. The van der Waals surface area contributed by atoms with Gasteiger partial charge in [-0.1, -0.05) is 20.8 Å². The minimum Gasteiger partial charge on any atom is -0.459 e. The standard InChI is InChI=1S/C18H32N2O4Si/c1-13(2)19-16(21)14(20-17(22)15-9-8-11-23-15)10-12-24-25(6,7)18(3,4)5/h8-9,11,13-14H,10,12H2,1-7H3,(H,19,21)(H,20,22)/t14-/m0/s1. The average molecular weight is 369 g/mol. The predicted octanol–water partition coefficient (Wildman–Crippen LogP) is 3.31. The van der Waals surface area contributed by atoms with Crippen LogP contribution in [0.15, 0.2) is 22.8 Å². The van der Waals surface area contributed by atoms with Gasteiger partial charge in [-0.2, -0.15) is 0 Å². The number of carbonyl (C=O) groups excluding carboxylic acids is 2. The monoisotopic (exact) mass is 368 g/mol. The third-order valence-corrected chi connectivity index (χ3v) is 9.01. The molecule has 0 aliphatic heterocycles. The fraction of sp³-hybridized carbons (Fsp3) is 0.667. The van der Waals surface area contributed by atoms with Crippen molar-refractivity contribution in [2.45, 2.75) is 71.3 Å². The van der Waals surface area contributed by atoms with Crippen molar-refractivity contribution in [3.63, 3.8) is 0 Å². The van der Waals surface area contributed by atoms with Crippen molar-refractivity contribution in [2.75, 3.05) is 6.61 Å². The van der Waals surface area contributed by atoms with Crippen LogP contribution in [0.3, 0.4) is 0 Å². The Morgan fingerprint density at radius 2 is 1.88 bits per heavy atom. The van der Waals surface area contributed by atoms with Gasteiger partial charge in [0, 0.05) is 12.6 Å². The van der Waals surface area contributed by atoms with Crippen LogP contribution in [0.5, 0.6) is 0 Å². The SMILES string of the molecule is CC(C)NC(=O)[C@H](CCO[Si](C)(C)C(C)(C)C)NC(=O)c1ccco1. The van der Waals surface area contributed by atoms with Crippen molar-refractivity contribution < 1.29 is 18.4 Å². The minimum atomic E-state index is -1.89. The molecule has 0 saturated heterocycles. The summed E-state index contributed by atoms with van der Waals surface area (Å²) < 4.78 is 11.2. The highest BCUT2D eigenvalue weighted by Gasteiger charge is 2.37. The molecule has 0 fully saturated rings. The van der Waals surface area contributed by atoms with Crippen molar-refractivity contribution in [3.05, 3.63) is 24.2 Å². The first kappa shape index (κ1) is 21.4. The molecular weight excluding hydrogens is 336 g/mol. The smallest absolute Gasteiger partial charge is 0.287 e. The lowest BCUT2D eigenvalue weighted by molar-refractivity contribution is -0.123. The van der Waals surface area contributed by atoms with Crippen LogP contribution in [0, 0.1) is 0 Å². The van der Waals surface area contributed by atoms with E-state index >= 15 is 0 Å². The molecule has 1 heterocycles. The normalized spacial score (nSPS) is 13.6. The quantitative estimate of drug-likeness (QED) is 0.690. The van der Waals surface area contributed by atoms with Crippen LogP contribution in [0.1, 0.15) is 51.6 Å². The van der Waals surface area contributed by atoms with E-state index in [2.05, 4.69) is 44.5 Å². The second-order valence-corrected chi connectivity index (χ2v) is 12.9. The summed E-state index contributed by atoms with van der Waals surface area (Å²) in [5, 5.41) is 5.68. The van der Waals surface area contributed by atoms with Gasteiger partial charge >= 0.3 is 0 Å². The van der Waals surface area contributed by atoms with Gasteiger partial charge in [0.2, 0.25) is 5.91 Å². The third kappa shape index (κ3) is 6.66. The van der Waals surface area contributed by atoms with Crippen LogP contribution < -0.4 is 10.6 Å². The molecule has 1 aromatic rings. The minimum absolute atomic E-state index is 0.00294. The van der Waals surface area contributed by atoms with Gasteiger partial charge in [0.1, 0.15) is 6.04 Å². The summed E-state index contributed by atoms with van der Waals surface area (Å²) in [6.45, 7) is 15.0. The number of furan rings is 1. The van der Waals surface area contributed by atoms with Gasteiger partial charge in [-0.05, 0) is 50.5 Å². The molecule has 1 aromatic heterocycles. The van der Waals surface area contributed by atoms with Crippen molar-refractivity contribution in [1.29, 1.82) is 0 Å². The largest absolute Gasteiger partial charge is 0.459 e. The molecule has 0 bridgehead atoms. The fourth-order valence-corrected chi connectivity index (χ4v) is 3.00. The molecule has 1 atom stereocenters. The van der Waals surface area contributed by atoms with Crippen molar-refractivity contribution in [2.24, 2.45) is 0 Å². The highest BCUT2D eigenvalue weighted by molar-refractivity contribution is 6.74. The van der Waals surface area contributed by atoms with Crippen LogP contribution in [0.4, 0.5) is 0 Å². The first-order chi connectivity index (χ1) is 11.4. The van der Waals surface area contributed by atoms with Gasteiger partial charge in [-0.15, -0.1) is 0 Å². The summed E-state index contributed by atoms with van der Waals surface area (Å²) in [6, 6.07) is 2.54. The molecule has 25 heavy (non-hydrogen) atoms. The van der Waals surface area contributed by atoms with E-state index < -0.39 is 20.3 Å². The molecule has 0 spiro atoms. The fourth-order valence-electron chi connectivity index (χ4n) is 1.94. The third-order valence-electron chi connectivity index (χ3n) is 4.47. The topological polar surface area (TPSA) is 80.6 Å². The summed E-state index contributed by atoms with van der Waals surface area (Å²) in [4.78, 5) is 24.6. The van der Waals surface area contributed by atoms with E-state index in [1.165, 1.54) is 6.26 Å². The van der Waals surface area contributed by atoms with E-state index in [-0.39, 0.29) is 22.7 Å². The van der Waals surface area contributed by atoms with Gasteiger partial charge < -0.3 is 19.5 Å². The maximum absolute atomic E-state index is 12.4. The van der Waals surface area contributed by atoms with Crippen LogP contribution >= 0.6 is 0 Å². The van der Waals surface area contributed by atoms with Crippen molar-refractivity contribution in [1.82, 2.24) is 10.6 Å². The van der Waals surface area contributed by atoms with Crippen LogP contribution in [-0.2, 0) is 9.22 Å². The van der Waals surface area contributed by atoms with Gasteiger partial charge in [-0.25, -0.2) is 0 Å². The molecule has 6 nitrogen and oxygen atoms in total. The number of amides is 2. The lowest BCUT2D eigenvalue weighted by Crippen LogP contribution is -2.49. The number of carbonyl (C=O) groups is 2. The van der Waals surface area contributed by atoms with Crippen molar-refractivity contribution in [3.8, 4) is 0 Å². The predicted molar refractivity (Wildman–Crippen MR) is 101 cm³/mol. The number of hydrogen-bond donors (Lipinski definition) is 2. The molecule has 2 amide bonds. The summed E-state index contributed by atoms with van der Waals surface area (Å²) in [5.41, 5.74) is 0. The summed E-state index contributed by atoms with van der Waals surface area (Å²) >= 11 is 0. The van der Waals surface area contributed by atoms with Gasteiger partial charge in [0.05, 0.1) is 6.26 Å². The number of hydrogen-bond acceptors (Lipinski definition) is 4. The average Bonchev–Trinajstić information content (AvgIpc) is 2.98. The van der Waals surface area contributed by atoms with E-state index in [4.69, 9.17) is 8.84 Å². The molecule has 0 saturated carbocycles. The summed E-state index contributed by atoms with van der Waals surface area (Å²) in [5.74, 6) is -0.428. The Bertz CT molecular complexity index is 562.